The van der Waals surface area contributed by atoms with Gasteiger partial charge in [0.2, 0.25) is 11.8 Å². The van der Waals surface area contributed by atoms with E-state index in [4.69, 9.17) is 0 Å². The first kappa shape index (κ1) is 23.7. The van der Waals surface area contributed by atoms with Gasteiger partial charge in [0.25, 0.3) is 0 Å². The van der Waals surface area contributed by atoms with Crippen molar-refractivity contribution >= 4 is 11.8 Å². The van der Waals surface area contributed by atoms with Crippen LogP contribution in [-0.2, 0) is 9.59 Å². The molecule has 2 amide bonds. The molecule has 2 N–H and O–H groups in total. The van der Waals surface area contributed by atoms with E-state index in [1.807, 2.05) is 0 Å². The summed E-state index contributed by atoms with van der Waals surface area (Å²) in [6.07, 6.45) is 8.73. The monoisotopic (exact) mass is 456 g/mol. The van der Waals surface area contributed by atoms with Crippen molar-refractivity contribution in [1.82, 2.24) is 10.6 Å². The van der Waals surface area contributed by atoms with E-state index >= 15 is 0 Å². The van der Waals surface area contributed by atoms with Crippen LogP contribution in [0.25, 0.3) is 0 Å². The second-order valence-electron chi connectivity index (χ2n) is 14.9. The van der Waals surface area contributed by atoms with Crippen molar-refractivity contribution in [3.63, 3.8) is 0 Å². The lowest BCUT2D eigenvalue weighted by Gasteiger charge is -2.52. The van der Waals surface area contributed by atoms with Gasteiger partial charge in [-0.15, -0.1) is 0 Å². The van der Waals surface area contributed by atoms with Crippen LogP contribution in [0.1, 0.15) is 107 Å². The Bertz CT molecular complexity index is 860. The van der Waals surface area contributed by atoms with Gasteiger partial charge < -0.3 is 10.6 Å². The molecule has 5 aliphatic rings. The highest BCUT2D eigenvalue weighted by atomic mass is 16.2. The van der Waals surface area contributed by atoms with Crippen molar-refractivity contribution < 1.29 is 9.59 Å². The Morgan fingerprint density at radius 2 is 1.21 bits per heavy atom. The molecule has 0 radical (unpaired) electrons. The van der Waals surface area contributed by atoms with Crippen LogP contribution in [0.15, 0.2) is 0 Å². The highest BCUT2D eigenvalue weighted by molar-refractivity contribution is 5.82. The fraction of sp³-hybridized carbons (Fsp3) is 0.931. The smallest absolute Gasteiger partial charge is 0.223 e. The topological polar surface area (TPSA) is 58.2 Å². The van der Waals surface area contributed by atoms with Gasteiger partial charge in [0, 0.05) is 24.4 Å². The number of carbonyl (C=O) groups excluding carboxylic acids is 2. The lowest BCUT2D eigenvalue weighted by Crippen LogP contribution is -2.57. The zero-order valence-corrected chi connectivity index (χ0v) is 22.4. The molecular weight excluding hydrogens is 408 g/mol. The molecule has 5 rings (SSSR count). The summed E-state index contributed by atoms with van der Waals surface area (Å²) in [6, 6.07) is 0.613. The van der Waals surface area contributed by atoms with E-state index < -0.39 is 0 Å². The van der Waals surface area contributed by atoms with Crippen LogP contribution in [-0.4, -0.2) is 23.9 Å². The van der Waals surface area contributed by atoms with Crippen molar-refractivity contribution in [2.75, 3.05) is 0 Å². The third-order valence-corrected chi connectivity index (χ3v) is 13.5. The maximum absolute atomic E-state index is 13.3. The SMILES string of the molecule is CC1(C)[C@H](CC(=O)N[C@@H]2C[C@H]3CC[C@@]2(C)C3(C)C)C[C@H]1C(=O)N[C@H]1C[C@H]2CC[C@@]1(C)C2(C)C. The molecule has 5 aliphatic carbocycles. The highest BCUT2D eigenvalue weighted by Gasteiger charge is 2.63. The standard InChI is InChI=1S/C29H48N2O2/c1-25(2)19(16-23(32)30-21-14-17-9-11-28(21,7)26(17,3)4)13-20(25)24(33)31-22-15-18-10-12-29(22,8)27(18,5)6/h17-22H,9-16H2,1-8H3,(H,30,32)(H,31,33)/t17-,18-,19+,20+,21-,22+,28-,29-/m1/s1. The molecule has 5 saturated carbocycles. The molecule has 0 heterocycles. The first-order chi connectivity index (χ1) is 15.1. The Morgan fingerprint density at radius 3 is 1.61 bits per heavy atom. The lowest BCUT2D eigenvalue weighted by molar-refractivity contribution is -0.146. The van der Waals surface area contributed by atoms with Crippen LogP contribution in [0, 0.1) is 50.7 Å². The minimum atomic E-state index is -0.118. The first-order valence-corrected chi connectivity index (χ1v) is 13.7. The Hall–Kier alpha value is -1.06. The zero-order chi connectivity index (χ0) is 24.2. The third-order valence-electron chi connectivity index (χ3n) is 13.5. The molecule has 4 bridgehead atoms. The summed E-state index contributed by atoms with van der Waals surface area (Å²) in [4.78, 5) is 26.4. The number of amides is 2. The van der Waals surface area contributed by atoms with Crippen LogP contribution in [0.3, 0.4) is 0 Å². The second-order valence-corrected chi connectivity index (χ2v) is 14.9. The van der Waals surface area contributed by atoms with Crippen molar-refractivity contribution in [3.05, 3.63) is 0 Å². The largest absolute Gasteiger partial charge is 0.353 e. The van der Waals surface area contributed by atoms with E-state index in [9.17, 15) is 9.59 Å². The maximum atomic E-state index is 13.3. The van der Waals surface area contributed by atoms with Crippen LogP contribution in [0.4, 0.5) is 0 Å². The predicted molar refractivity (Wildman–Crippen MR) is 132 cm³/mol. The number of hydrogen-bond acceptors (Lipinski definition) is 2. The summed E-state index contributed by atoms with van der Waals surface area (Å²) in [5.74, 6) is 2.22. The molecule has 0 aromatic rings. The van der Waals surface area contributed by atoms with E-state index in [0.29, 0.717) is 35.3 Å². The predicted octanol–water partition coefficient (Wildman–Crippen LogP) is 5.70. The second kappa shape index (κ2) is 7.00. The normalized spacial score (nSPS) is 47.9. The Labute approximate surface area is 201 Å². The molecule has 33 heavy (non-hydrogen) atoms. The van der Waals surface area contributed by atoms with Crippen molar-refractivity contribution in [3.8, 4) is 0 Å². The van der Waals surface area contributed by atoms with Crippen molar-refractivity contribution in [2.24, 2.45) is 50.7 Å². The summed E-state index contributed by atoms with van der Waals surface area (Å²) in [5.41, 5.74) is 0.939. The molecule has 4 heteroatoms. The van der Waals surface area contributed by atoms with Gasteiger partial charge >= 0.3 is 0 Å². The summed E-state index contributed by atoms with van der Waals surface area (Å²) in [7, 11) is 0. The molecule has 0 saturated heterocycles. The van der Waals surface area contributed by atoms with Crippen LogP contribution >= 0.6 is 0 Å². The summed E-state index contributed by atoms with van der Waals surface area (Å²) < 4.78 is 0. The molecule has 186 valence electrons. The molecule has 5 fully saturated rings. The first-order valence-electron chi connectivity index (χ1n) is 13.7. The Balaban J connectivity index is 1.16. The van der Waals surface area contributed by atoms with Gasteiger partial charge in [0.15, 0.2) is 0 Å². The van der Waals surface area contributed by atoms with E-state index in [1.54, 1.807) is 0 Å². The fourth-order valence-electron chi connectivity index (χ4n) is 9.40. The Kier molecular flexibility index (Phi) is 5.02. The average molecular weight is 457 g/mol. The van der Waals surface area contributed by atoms with E-state index in [-0.39, 0.29) is 34.0 Å². The number of fused-ring (bicyclic) bond motifs is 4. The number of nitrogens with one attached hydrogen (secondary N) is 2. The maximum Gasteiger partial charge on any atom is 0.223 e. The summed E-state index contributed by atoms with van der Waals surface area (Å²) >= 11 is 0. The van der Waals surface area contributed by atoms with E-state index in [0.717, 1.165) is 31.1 Å². The van der Waals surface area contributed by atoms with Gasteiger partial charge in [-0.1, -0.05) is 55.4 Å². The molecule has 0 aromatic carbocycles. The van der Waals surface area contributed by atoms with Gasteiger partial charge in [-0.2, -0.15) is 0 Å². The third kappa shape index (κ3) is 3.00. The van der Waals surface area contributed by atoms with Gasteiger partial charge in [-0.25, -0.2) is 0 Å². The number of carbonyl (C=O) groups is 2. The fourth-order valence-corrected chi connectivity index (χ4v) is 9.40. The van der Waals surface area contributed by atoms with Gasteiger partial charge in [0.05, 0.1) is 0 Å². The summed E-state index contributed by atoms with van der Waals surface area (Å²) in [5, 5.41) is 6.93. The Morgan fingerprint density at radius 1 is 0.727 bits per heavy atom. The van der Waals surface area contributed by atoms with Gasteiger partial charge in [-0.3, -0.25) is 9.59 Å². The summed E-state index contributed by atoms with van der Waals surface area (Å²) in [6.45, 7) is 18.8. The molecule has 0 aromatic heterocycles. The molecule has 8 atom stereocenters. The molecule has 0 spiro atoms. The zero-order valence-electron chi connectivity index (χ0n) is 22.4. The van der Waals surface area contributed by atoms with E-state index in [1.165, 1.54) is 25.7 Å². The van der Waals surface area contributed by atoms with Crippen molar-refractivity contribution in [1.29, 1.82) is 0 Å². The van der Waals surface area contributed by atoms with Crippen LogP contribution in [0.5, 0.6) is 0 Å². The minimum Gasteiger partial charge on any atom is -0.353 e. The van der Waals surface area contributed by atoms with Crippen LogP contribution < -0.4 is 10.6 Å². The van der Waals surface area contributed by atoms with Gasteiger partial charge in [-0.05, 0) is 89.8 Å². The minimum absolute atomic E-state index is 0.0279. The molecule has 4 nitrogen and oxygen atoms in total. The lowest BCUT2D eigenvalue weighted by atomic mass is 9.53. The van der Waals surface area contributed by atoms with Crippen LogP contribution in [0.2, 0.25) is 0 Å². The average Bonchev–Trinajstić information content (AvgIpc) is 3.22. The highest BCUT2D eigenvalue weighted by Crippen LogP contribution is 2.66. The number of rotatable bonds is 5. The number of hydrogen-bond donors (Lipinski definition) is 2. The molecule has 0 unspecified atom stereocenters. The van der Waals surface area contributed by atoms with Gasteiger partial charge in [0.1, 0.15) is 0 Å². The van der Waals surface area contributed by atoms with E-state index in [2.05, 4.69) is 66.0 Å². The molecular formula is C29H48N2O2. The van der Waals surface area contributed by atoms with Crippen molar-refractivity contribution in [2.45, 2.75) is 119 Å². The molecule has 0 aliphatic heterocycles. The quantitative estimate of drug-likeness (QED) is 0.557.